The molecule has 25 heavy (non-hydrogen) atoms. The third-order valence-corrected chi connectivity index (χ3v) is 4.74. The van der Waals surface area contributed by atoms with Crippen LogP contribution in [0.3, 0.4) is 0 Å². The first kappa shape index (κ1) is 19.1. The fourth-order valence-corrected chi connectivity index (χ4v) is 3.30. The molecule has 138 valence electrons. The maximum atomic E-state index is 13.1. The van der Waals surface area contributed by atoms with Crippen molar-refractivity contribution in [2.75, 3.05) is 40.4 Å². The van der Waals surface area contributed by atoms with E-state index in [2.05, 4.69) is 0 Å². The first-order valence-electron chi connectivity index (χ1n) is 8.65. The van der Waals surface area contributed by atoms with Gasteiger partial charge in [0.25, 0.3) is 0 Å². The quantitative estimate of drug-likeness (QED) is 0.818. The molecule has 1 aromatic carbocycles. The molecular formula is C19H28N2O4. The summed E-state index contributed by atoms with van der Waals surface area (Å²) in [6.07, 6.45) is 0. The molecule has 6 nitrogen and oxygen atoms in total. The molecule has 1 aliphatic heterocycles. The number of hydrogen-bond acceptors (Lipinski definition) is 4. The number of methoxy groups -OCH3 is 2. The molecule has 1 unspecified atom stereocenters. The number of amides is 2. The molecule has 2 rings (SSSR count). The van der Waals surface area contributed by atoms with Crippen LogP contribution in [0.2, 0.25) is 0 Å². The normalized spacial score (nSPS) is 15.9. The van der Waals surface area contributed by atoms with Gasteiger partial charge in [-0.3, -0.25) is 9.59 Å². The Kier molecular flexibility index (Phi) is 6.28. The zero-order chi connectivity index (χ0) is 18.6. The molecule has 1 aliphatic rings. The summed E-state index contributed by atoms with van der Waals surface area (Å²) < 4.78 is 10.7. The van der Waals surface area contributed by atoms with Crippen LogP contribution < -0.4 is 9.47 Å². The Bertz CT molecular complexity index is 622. The third-order valence-electron chi connectivity index (χ3n) is 4.74. The first-order chi connectivity index (χ1) is 11.9. The lowest BCUT2D eigenvalue weighted by molar-refractivity contribution is -0.140. The topological polar surface area (TPSA) is 59.1 Å². The van der Waals surface area contributed by atoms with Crippen molar-refractivity contribution >= 4 is 11.8 Å². The van der Waals surface area contributed by atoms with Gasteiger partial charge in [0.15, 0.2) is 11.5 Å². The highest BCUT2D eigenvalue weighted by atomic mass is 16.5. The van der Waals surface area contributed by atoms with Crippen LogP contribution in [0.1, 0.15) is 32.3 Å². The van der Waals surface area contributed by atoms with E-state index in [1.165, 1.54) is 0 Å². The molecule has 0 N–H and O–H groups in total. The minimum absolute atomic E-state index is 0.0624. The molecule has 0 saturated carbocycles. The number of hydrogen-bond donors (Lipinski definition) is 0. The fraction of sp³-hybridized carbons (Fsp3) is 0.579. The smallest absolute Gasteiger partial charge is 0.230 e. The zero-order valence-electron chi connectivity index (χ0n) is 15.7. The maximum Gasteiger partial charge on any atom is 0.230 e. The average Bonchev–Trinajstić information content (AvgIpc) is 2.61. The summed E-state index contributed by atoms with van der Waals surface area (Å²) >= 11 is 0. The molecule has 1 saturated heterocycles. The lowest BCUT2D eigenvalue weighted by atomic mass is 9.86. The molecule has 0 bridgehead atoms. The molecule has 2 amide bonds. The van der Waals surface area contributed by atoms with Crippen LogP contribution in [0, 0.1) is 5.92 Å². The van der Waals surface area contributed by atoms with Crippen molar-refractivity contribution in [3.05, 3.63) is 23.8 Å². The van der Waals surface area contributed by atoms with E-state index in [-0.39, 0.29) is 23.7 Å². The number of benzene rings is 1. The Balaban J connectivity index is 2.21. The van der Waals surface area contributed by atoms with Crippen LogP contribution >= 0.6 is 0 Å². The van der Waals surface area contributed by atoms with Gasteiger partial charge in [-0.05, 0) is 23.6 Å². The van der Waals surface area contributed by atoms with Gasteiger partial charge in [0.2, 0.25) is 11.8 Å². The van der Waals surface area contributed by atoms with E-state index < -0.39 is 0 Å². The highest BCUT2D eigenvalue weighted by molar-refractivity contribution is 5.84. The number of carbonyl (C=O) groups is 2. The Labute approximate surface area is 149 Å². The summed E-state index contributed by atoms with van der Waals surface area (Å²) in [5, 5.41) is 0. The van der Waals surface area contributed by atoms with Crippen molar-refractivity contribution in [1.29, 1.82) is 0 Å². The van der Waals surface area contributed by atoms with Gasteiger partial charge in [0, 0.05) is 33.1 Å². The fourth-order valence-electron chi connectivity index (χ4n) is 3.30. The molecule has 1 heterocycles. The molecule has 0 radical (unpaired) electrons. The number of nitrogens with zero attached hydrogens (tertiary/aromatic N) is 2. The van der Waals surface area contributed by atoms with Gasteiger partial charge in [-0.25, -0.2) is 0 Å². The van der Waals surface area contributed by atoms with Gasteiger partial charge in [-0.1, -0.05) is 19.9 Å². The van der Waals surface area contributed by atoms with Crippen LogP contribution in [0.25, 0.3) is 0 Å². The van der Waals surface area contributed by atoms with Crippen LogP contribution in [0.5, 0.6) is 11.5 Å². The zero-order valence-corrected chi connectivity index (χ0v) is 15.7. The first-order valence-corrected chi connectivity index (χ1v) is 8.65. The number of ether oxygens (including phenoxy) is 2. The summed E-state index contributed by atoms with van der Waals surface area (Å²) in [6, 6.07) is 5.65. The monoisotopic (exact) mass is 348 g/mol. The molecule has 0 spiro atoms. The Morgan fingerprint density at radius 3 is 2.00 bits per heavy atom. The second-order valence-corrected chi connectivity index (χ2v) is 6.67. The number of piperazine rings is 1. The predicted molar refractivity (Wildman–Crippen MR) is 96.0 cm³/mol. The van der Waals surface area contributed by atoms with E-state index >= 15 is 0 Å². The van der Waals surface area contributed by atoms with E-state index in [0.29, 0.717) is 37.7 Å². The minimum atomic E-state index is -0.247. The predicted octanol–water partition coefficient (Wildman–Crippen LogP) is 2.13. The van der Waals surface area contributed by atoms with Gasteiger partial charge < -0.3 is 19.3 Å². The number of rotatable bonds is 5. The summed E-state index contributed by atoms with van der Waals surface area (Å²) in [4.78, 5) is 28.2. The lowest BCUT2D eigenvalue weighted by Crippen LogP contribution is -2.51. The van der Waals surface area contributed by atoms with Gasteiger partial charge in [0.1, 0.15) is 0 Å². The average molecular weight is 348 g/mol. The molecule has 1 atom stereocenters. The molecular weight excluding hydrogens is 320 g/mol. The molecule has 6 heteroatoms. The maximum absolute atomic E-state index is 13.1. The SMILES string of the molecule is COc1ccc(C(C(=O)N2CCN(C(C)=O)CC2)C(C)C)cc1OC. The van der Waals surface area contributed by atoms with Gasteiger partial charge in [-0.2, -0.15) is 0 Å². The van der Waals surface area contributed by atoms with Crippen molar-refractivity contribution < 1.29 is 19.1 Å². The minimum Gasteiger partial charge on any atom is -0.493 e. The van der Waals surface area contributed by atoms with E-state index in [4.69, 9.17) is 9.47 Å². The standard InChI is InChI=1S/C19H28N2O4/c1-13(2)18(15-6-7-16(24-4)17(12-15)25-5)19(23)21-10-8-20(9-11-21)14(3)22/h6-7,12-13,18H,8-11H2,1-5H3. The van der Waals surface area contributed by atoms with Crippen molar-refractivity contribution in [2.45, 2.75) is 26.7 Å². The molecule has 0 aliphatic carbocycles. The Hall–Kier alpha value is -2.24. The number of carbonyl (C=O) groups excluding carboxylic acids is 2. The Morgan fingerprint density at radius 1 is 0.960 bits per heavy atom. The van der Waals surface area contributed by atoms with Crippen molar-refractivity contribution in [1.82, 2.24) is 9.80 Å². The summed E-state index contributed by atoms with van der Waals surface area (Å²) in [5.74, 6) is 1.34. The van der Waals surface area contributed by atoms with E-state index in [9.17, 15) is 9.59 Å². The molecule has 1 aromatic rings. The highest BCUT2D eigenvalue weighted by Gasteiger charge is 2.31. The molecule has 0 aromatic heterocycles. The second-order valence-electron chi connectivity index (χ2n) is 6.67. The van der Waals surface area contributed by atoms with Crippen LogP contribution in [-0.2, 0) is 9.59 Å². The van der Waals surface area contributed by atoms with Crippen LogP contribution in [0.4, 0.5) is 0 Å². The summed E-state index contributed by atoms with van der Waals surface area (Å²) in [7, 11) is 3.19. The van der Waals surface area contributed by atoms with E-state index in [1.54, 1.807) is 26.0 Å². The van der Waals surface area contributed by atoms with Crippen molar-refractivity contribution in [2.24, 2.45) is 5.92 Å². The van der Waals surface area contributed by atoms with Gasteiger partial charge in [-0.15, -0.1) is 0 Å². The Morgan fingerprint density at radius 2 is 1.52 bits per heavy atom. The van der Waals surface area contributed by atoms with Crippen LogP contribution in [-0.4, -0.2) is 62.0 Å². The molecule has 1 fully saturated rings. The summed E-state index contributed by atoms with van der Waals surface area (Å²) in [6.45, 7) is 8.01. The van der Waals surface area contributed by atoms with Gasteiger partial charge in [0.05, 0.1) is 20.1 Å². The highest BCUT2D eigenvalue weighted by Crippen LogP contribution is 2.34. The van der Waals surface area contributed by atoms with Crippen molar-refractivity contribution in [3.8, 4) is 11.5 Å². The lowest BCUT2D eigenvalue weighted by Gasteiger charge is -2.37. The third kappa shape index (κ3) is 4.24. The largest absolute Gasteiger partial charge is 0.493 e. The van der Waals surface area contributed by atoms with Gasteiger partial charge >= 0.3 is 0 Å². The van der Waals surface area contributed by atoms with Crippen LogP contribution in [0.15, 0.2) is 18.2 Å². The van der Waals surface area contributed by atoms with E-state index in [1.807, 2.05) is 36.9 Å². The summed E-state index contributed by atoms with van der Waals surface area (Å²) in [5.41, 5.74) is 0.923. The van der Waals surface area contributed by atoms with Crippen molar-refractivity contribution in [3.63, 3.8) is 0 Å². The second kappa shape index (κ2) is 8.23. The van der Waals surface area contributed by atoms with E-state index in [0.717, 1.165) is 5.56 Å².